The van der Waals surface area contributed by atoms with Gasteiger partial charge >= 0.3 is 0 Å². The molecule has 1 aliphatic heterocycles. The third-order valence-electron chi connectivity index (χ3n) is 5.43. The van der Waals surface area contributed by atoms with Crippen molar-refractivity contribution < 1.29 is 9.72 Å². The molecule has 1 aliphatic rings. The predicted molar refractivity (Wildman–Crippen MR) is 131 cm³/mol. The van der Waals surface area contributed by atoms with Gasteiger partial charge in [-0.1, -0.05) is 30.3 Å². The lowest BCUT2D eigenvalue weighted by Crippen LogP contribution is -2.22. The Kier molecular flexibility index (Phi) is 6.46. The van der Waals surface area contributed by atoms with Crippen LogP contribution in [-0.4, -0.2) is 48.6 Å². The Morgan fingerprint density at radius 2 is 1.82 bits per heavy atom. The molecule has 8 nitrogen and oxygen atoms in total. The molecule has 0 radical (unpaired) electrons. The van der Waals surface area contributed by atoms with Gasteiger partial charge in [-0.2, -0.15) is 0 Å². The van der Waals surface area contributed by atoms with E-state index < -0.39 is 10.8 Å². The summed E-state index contributed by atoms with van der Waals surface area (Å²) in [6.07, 6.45) is 0. The molecule has 2 N–H and O–H groups in total. The van der Waals surface area contributed by atoms with Crippen LogP contribution in [0.3, 0.4) is 0 Å². The summed E-state index contributed by atoms with van der Waals surface area (Å²) in [5.74, 6) is -1.00. The first-order valence-electron chi connectivity index (χ1n) is 10.6. The number of anilines is 2. The van der Waals surface area contributed by atoms with E-state index in [4.69, 9.17) is 4.99 Å². The van der Waals surface area contributed by atoms with Crippen LogP contribution in [0.1, 0.15) is 17.0 Å². The van der Waals surface area contributed by atoms with Crippen LogP contribution in [0.5, 0.6) is 0 Å². The van der Waals surface area contributed by atoms with E-state index in [-0.39, 0.29) is 11.6 Å². The summed E-state index contributed by atoms with van der Waals surface area (Å²) < 4.78 is 0. The van der Waals surface area contributed by atoms with Crippen LogP contribution >= 0.6 is 0 Å². The molecule has 0 bridgehead atoms. The molecule has 1 atom stereocenters. The molecule has 1 unspecified atom stereocenters. The molecular weight excluding hydrogens is 418 g/mol. The zero-order valence-electron chi connectivity index (χ0n) is 18.5. The molecule has 3 aromatic carbocycles. The van der Waals surface area contributed by atoms with Crippen molar-refractivity contribution in [2.45, 2.75) is 5.92 Å². The van der Waals surface area contributed by atoms with Crippen molar-refractivity contribution in [3.63, 3.8) is 0 Å². The van der Waals surface area contributed by atoms with Crippen LogP contribution in [0.2, 0.25) is 0 Å². The lowest BCUT2D eigenvalue weighted by molar-refractivity contribution is -0.384. The quantitative estimate of drug-likeness (QED) is 0.305. The summed E-state index contributed by atoms with van der Waals surface area (Å²) in [5, 5.41) is 17.5. The summed E-state index contributed by atoms with van der Waals surface area (Å²) in [6.45, 7) is 1.74. The van der Waals surface area contributed by atoms with Crippen molar-refractivity contribution in [2.75, 3.05) is 37.8 Å². The van der Waals surface area contributed by atoms with Gasteiger partial charge in [-0.05, 0) is 50.0 Å². The van der Waals surface area contributed by atoms with Crippen LogP contribution < -0.4 is 10.6 Å². The number of hydrogen-bond donors (Lipinski definition) is 2. The van der Waals surface area contributed by atoms with Crippen molar-refractivity contribution in [1.82, 2.24) is 4.90 Å². The highest BCUT2D eigenvalue weighted by Crippen LogP contribution is 2.38. The second kappa shape index (κ2) is 9.62. The van der Waals surface area contributed by atoms with Crippen molar-refractivity contribution >= 4 is 34.4 Å². The second-order valence-electron chi connectivity index (χ2n) is 8.09. The molecule has 0 aromatic heterocycles. The summed E-state index contributed by atoms with van der Waals surface area (Å²) in [6, 6.07) is 21.5. The Balaban J connectivity index is 1.71. The summed E-state index contributed by atoms with van der Waals surface area (Å²) in [5.41, 5.74) is 4.07. The number of fused-ring (bicyclic) bond motifs is 1. The van der Waals surface area contributed by atoms with Gasteiger partial charge in [0.25, 0.3) is 5.69 Å². The van der Waals surface area contributed by atoms with E-state index in [0.717, 1.165) is 24.3 Å². The number of benzene rings is 3. The molecule has 0 fully saturated rings. The number of likely N-dealkylation sites (N-methyl/N-ethyl adjacent to an activating group) is 1. The van der Waals surface area contributed by atoms with Crippen LogP contribution in [0, 0.1) is 10.1 Å². The molecule has 0 spiro atoms. The van der Waals surface area contributed by atoms with Crippen LogP contribution in [0.4, 0.5) is 22.7 Å². The molecule has 168 valence electrons. The fourth-order valence-corrected chi connectivity index (χ4v) is 3.76. The number of rotatable bonds is 8. The third-order valence-corrected chi connectivity index (χ3v) is 5.43. The van der Waals surface area contributed by atoms with Gasteiger partial charge in [-0.25, -0.2) is 0 Å². The van der Waals surface area contributed by atoms with Crippen molar-refractivity contribution in [3.8, 4) is 0 Å². The van der Waals surface area contributed by atoms with E-state index in [9.17, 15) is 14.9 Å². The van der Waals surface area contributed by atoms with Gasteiger partial charge in [-0.15, -0.1) is 0 Å². The molecular formula is C25H25N5O3. The van der Waals surface area contributed by atoms with Crippen molar-refractivity contribution in [1.29, 1.82) is 0 Å². The molecule has 1 heterocycles. The molecule has 33 heavy (non-hydrogen) atoms. The minimum absolute atomic E-state index is 0.0594. The molecule has 0 saturated heterocycles. The number of nitrogens with zero attached hydrogens (tertiary/aromatic N) is 3. The third kappa shape index (κ3) is 5.07. The molecule has 0 aliphatic carbocycles. The Morgan fingerprint density at radius 1 is 1.09 bits per heavy atom. The van der Waals surface area contributed by atoms with Crippen molar-refractivity contribution in [3.05, 3.63) is 94.0 Å². The van der Waals surface area contributed by atoms with E-state index in [1.165, 1.54) is 12.1 Å². The normalized spacial score (nSPS) is 15.3. The Morgan fingerprint density at radius 3 is 2.48 bits per heavy atom. The molecule has 4 rings (SSSR count). The van der Waals surface area contributed by atoms with Gasteiger partial charge in [0.2, 0.25) is 5.91 Å². The summed E-state index contributed by atoms with van der Waals surface area (Å²) in [7, 11) is 4.05. The summed E-state index contributed by atoms with van der Waals surface area (Å²) >= 11 is 0. The smallest absolute Gasteiger partial charge is 0.269 e. The highest BCUT2D eigenvalue weighted by atomic mass is 16.6. The van der Waals surface area contributed by atoms with E-state index in [0.29, 0.717) is 22.6 Å². The van der Waals surface area contributed by atoms with Crippen LogP contribution in [0.25, 0.3) is 0 Å². The monoisotopic (exact) mass is 443 g/mol. The fraction of sp³-hybridized carbons (Fsp3) is 0.200. The fourth-order valence-electron chi connectivity index (χ4n) is 3.76. The number of non-ortho nitro benzene ring substituents is 1. The number of nitro benzene ring substituents is 1. The van der Waals surface area contributed by atoms with Gasteiger partial charge in [0, 0.05) is 42.2 Å². The number of hydrogen-bond acceptors (Lipinski definition) is 6. The Labute approximate surface area is 192 Å². The standard InChI is InChI=1S/C25H25N5O3/c1-29(2)15-14-26-18-8-10-19(11-9-18)27-24(17-6-4-3-5-7-17)23-21-16-20(30(32)33)12-13-22(21)28-25(23)31/h3-13,16,23,26H,14-15H2,1-2H3,(H,28,31). The maximum Gasteiger partial charge on any atom is 0.269 e. The van der Waals surface area contributed by atoms with E-state index in [2.05, 4.69) is 15.5 Å². The first-order valence-corrected chi connectivity index (χ1v) is 10.6. The number of aliphatic imine (C=N–C) groups is 1. The largest absolute Gasteiger partial charge is 0.384 e. The van der Waals surface area contributed by atoms with Gasteiger partial charge < -0.3 is 15.5 Å². The number of carbonyl (C=O) groups is 1. The molecule has 3 aromatic rings. The van der Waals surface area contributed by atoms with Crippen LogP contribution in [-0.2, 0) is 4.79 Å². The van der Waals surface area contributed by atoms with Crippen LogP contribution in [0.15, 0.2) is 77.8 Å². The number of amides is 1. The maximum atomic E-state index is 13.0. The molecule has 1 amide bonds. The minimum atomic E-state index is -0.750. The first kappa shape index (κ1) is 22.2. The van der Waals surface area contributed by atoms with Gasteiger partial charge in [-0.3, -0.25) is 19.9 Å². The maximum absolute atomic E-state index is 13.0. The zero-order valence-corrected chi connectivity index (χ0v) is 18.5. The predicted octanol–water partition coefficient (Wildman–Crippen LogP) is 4.43. The van der Waals surface area contributed by atoms with E-state index >= 15 is 0 Å². The highest BCUT2D eigenvalue weighted by Gasteiger charge is 2.36. The Bertz CT molecular complexity index is 1190. The first-order chi connectivity index (χ1) is 15.9. The molecule has 0 saturated carbocycles. The van der Waals surface area contributed by atoms with E-state index in [1.54, 1.807) is 6.07 Å². The lowest BCUT2D eigenvalue weighted by atomic mass is 9.90. The van der Waals surface area contributed by atoms with Crippen molar-refractivity contribution in [2.24, 2.45) is 4.99 Å². The highest BCUT2D eigenvalue weighted by molar-refractivity contribution is 6.24. The van der Waals surface area contributed by atoms with Gasteiger partial charge in [0.05, 0.1) is 16.3 Å². The minimum Gasteiger partial charge on any atom is -0.384 e. The number of nitrogens with one attached hydrogen (secondary N) is 2. The average Bonchev–Trinajstić information content (AvgIpc) is 3.13. The number of carbonyl (C=O) groups excluding carboxylic acids is 1. The second-order valence-corrected chi connectivity index (χ2v) is 8.09. The number of nitro groups is 1. The Hall–Kier alpha value is -4.04. The summed E-state index contributed by atoms with van der Waals surface area (Å²) in [4.78, 5) is 30.8. The van der Waals surface area contributed by atoms with Gasteiger partial charge in [0.15, 0.2) is 0 Å². The van der Waals surface area contributed by atoms with Gasteiger partial charge in [0.1, 0.15) is 5.92 Å². The lowest BCUT2D eigenvalue weighted by Gasteiger charge is -2.14. The average molecular weight is 444 g/mol. The molecule has 8 heteroatoms. The van der Waals surface area contributed by atoms with E-state index in [1.807, 2.05) is 68.7 Å². The SMILES string of the molecule is CN(C)CCNc1ccc(N=C(c2ccccc2)C2C(=O)Nc3ccc([N+](=O)[O-])cc32)cc1. The topological polar surface area (TPSA) is 99.9 Å². The zero-order chi connectivity index (χ0) is 23.4.